The molecule has 2 heteroatoms. The summed E-state index contributed by atoms with van der Waals surface area (Å²) in [5.41, 5.74) is 0. The smallest absolute Gasteiger partial charge is 0.0855 e. The highest BCUT2D eigenvalue weighted by atomic mass is 16.3. The Bertz CT molecular complexity index is 66.9. The minimum Gasteiger partial charge on any atom is -0.393 e. The van der Waals surface area contributed by atoms with E-state index in [1.807, 2.05) is 0 Å². The van der Waals surface area contributed by atoms with Gasteiger partial charge >= 0.3 is 0 Å². The molecule has 0 aromatic carbocycles. The van der Waals surface area contributed by atoms with Gasteiger partial charge in [-0.1, -0.05) is 0 Å². The van der Waals surface area contributed by atoms with Gasteiger partial charge in [0.1, 0.15) is 0 Å². The number of hydrogen-bond acceptors (Lipinski definition) is 1. The Morgan fingerprint density at radius 2 is 2.38 bits per heavy atom. The van der Waals surface area contributed by atoms with Gasteiger partial charge in [-0.25, -0.2) is 0 Å². The monoisotopic (exact) mass is 116 g/mol. The fourth-order valence-corrected chi connectivity index (χ4v) is 1.22. The first kappa shape index (κ1) is 6.05. The van der Waals surface area contributed by atoms with Crippen LogP contribution in [0.25, 0.3) is 0 Å². The average Bonchev–Trinajstić information content (AvgIpc) is 1.64. The van der Waals surface area contributed by atoms with Crippen molar-refractivity contribution >= 4 is 0 Å². The summed E-state index contributed by atoms with van der Waals surface area (Å²) in [6.07, 6.45) is 1.93. The predicted octanol–water partition coefficient (Wildman–Crippen LogP) is -0.907. The van der Waals surface area contributed by atoms with Crippen LogP contribution in [0.2, 0.25) is 0 Å². The van der Waals surface area contributed by atoms with Gasteiger partial charge in [-0.15, -0.1) is 0 Å². The Balaban J connectivity index is 2.23. The summed E-state index contributed by atoms with van der Waals surface area (Å²) in [7, 11) is 0. The molecule has 1 aliphatic rings. The molecule has 2 atom stereocenters. The lowest BCUT2D eigenvalue weighted by Gasteiger charge is -2.20. The maximum atomic E-state index is 9.06. The van der Waals surface area contributed by atoms with Gasteiger partial charge in [-0.3, -0.25) is 0 Å². The van der Waals surface area contributed by atoms with Crippen LogP contribution in [-0.2, 0) is 0 Å². The van der Waals surface area contributed by atoms with E-state index in [2.05, 4.69) is 12.2 Å². The molecule has 0 aromatic rings. The molecule has 0 spiro atoms. The summed E-state index contributed by atoms with van der Waals surface area (Å²) in [4.78, 5) is 0. The van der Waals surface area contributed by atoms with Crippen molar-refractivity contribution in [2.45, 2.75) is 31.9 Å². The first-order chi connectivity index (χ1) is 3.79. The highest BCUT2D eigenvalue weighted by Gasteiger charge is 2.17. The number of nitrogens with two attached hydrogens (primary N) is 1. The van der Waals surface area contributed by atoms with E-state index >= 15 is 0 Å². The second-order valence-corrected chi connectivity index (χ2v) is 2.68. The number of piperidine rings is 1. The van der Waals surface area contributed by atoms with Crippen molar-refractivity contribution in [3.05, 3.63) is 0 Å². The molecule has 1 saturated heterocycles. The van der Waals surface area contributed by atoms with Crippen LogP contribution in [0.5, 0.6) is 0 Å². The SMILES string of the molecule is C[C@H]1C[C@H](O)CC[NH2+]1. The van der Waals surface area contributed by atoms with Gasteiger partial charge in [0.25, 0.3) is 0 Å². The van der Waals surface area contributed by atoms with E-state index < -0.39 is 0 Å². The zero-order chi connectivity index (χ0) is 5.98. The lowest BCUT2D eigenvalue weighted by molar-refractivity contribution is -0.696. The third-order valence-corrected chi connectivity index (χ3v) is 1.71. The van der Waals surface area contributed by atoms with E-state index in [9.17, 15) is 0 Å². The van der Waals surface area contributed by atoms with Crippen LogP contribution in [0.4, 0.5) is 0 Å². The van der Waals surface area contributed by atoms with Crippen LogP contribution in [0.15, 0.2) is 0 Å². The molecule has 0 amide bonds. The molecule has 1 aliphatic heterocycles. The van der Waals surface area contributed by atoms with Gasteiger partial charge in [0.2, 0.25) is 0 Å². The molecule has 0 bridgehead atoms. The number of aliphatic hydroxyl groups excluding tert-OH is 1. The van der Waals surface area contributed by atoms with Crippen LogP contribution < -0.4 is 5.32 Å². The lowest BCUT2D eigenvalue weighted by Crippen LogP contribution is -2.91. The van der Waals surface area contributed by atoms with Gasteiger partial charge in [0, 0.05) is 12.8 Å². The number of rotatable bonds is 0. The van der Waals surface area contributed by atoms with Crippen molar-refractivity contribution < 1.29 is 10.4 Å². The third-order valence-electron chi connectivity index (χ3n) is 1.71. The topological polar surface area (TPSA) is 36.8 Å². The molecule has 0 aliphatic carbocycles. The molecule has 2 nitrogen and oxygen atoms in total. The van der Waals surface area contributed by atoms with Crippen LogP contribution >= 0.6 is 0 Å². The minimum atomic E-state index is -0.0185. The molecular formula is C6H14NO+. The number of quaternary nitrogens is 1. The van der Waals surface area contributed by atoms with Crippen molar-refractivity contribution in [3.8, 4) is 0 Å². The standard InChI is InChI=1S/C6H13NO/c1-5-4-6(8)2-3-7-5/h5-8H,2-4H2,1H3/p+1/t5-,6+/m0/s1. The van der Waals surface area contributed by atoms with Gasteiger partial charge in [0.05, 0.1) is 18.7 Å². The van der Waals surface area contributed by atoms with Gasteiger partial charge in [-0.2, -0.15) is 0 Å². The van der Waals surface area contributed by atoms with Gasteiger partial charge in [0.15, 0.2) is 0 Å². The summed E-state index contributed by atoms with van der Waals surface area (Å²) in [5.74, 6) is 0. The van der Waals surface area contributed by atoms with Crippen molar-refractivity contribution in [1.82, 2.24) is 0 Å². The Labute approximate surface area is 49.9 Å². The number of hydrogen-bond donors (Lipinski definition) is 2. The van der Waals surface area contributed by atoms with Crippen molar-refractivity contribution in [2.24, 2.45) is 0 Å². The summed E-state index contributed by atoms with van der Waals surface area (Å²) >= 11 is 0. The molecule has 0 unspecified atom stereocenters. The minimum absolute atomic E-state index is 0.0185. The lowest BCUT2D eigenvalue weighted by atomic mass is 10.0. The van der Waals surface area contributed by atoms with Crippen molar-refractivity contribution in [3.63, 3.8) is 0 Å². The maximum Gasteiger partial charge on any atom is 0.0855 e. The molecular weight excluding hydrogens is 102 g/mol. The second-order valence-electron chi connectivity index (χ2n) is 2.68. The van der Waals surface area contributed by atoms with Crippen LogP contribution in [0.1, 0.15) is 19.8 Å². The molecule has 0 saturated carbocycles. The predicted molar refractivity (Wildman–Crippen MR) is 31.5 cm³/mol. The van der Waals surface area contributed by atoms with Crippen molar-refractivity contribution in [2.75, 3.05) is 6.54 Å². The Morgan fingerprint density at radius 1 is 1.62 bits per heavy atom. The Morgan fingerprint density at radius 3 is 2.75 bits per heavy atom. The van der Waals surface area contributed by atoms with E-state index in [4.69, 9.17) is 5.11 Å². The van der Waals surface area contributed by atoms with E-state index in [0.717, 1.165) is 19.4 Å². The average molecular weight is 116 g/mol. The summed E-state index contributed by atoms with van der Waals surface area (Å²) in [5, 5.41) is 11.3. The molecule has 0 radical (unpaired) electrons. The summed E-state index contributed by atoms with van der Waals surface area (Å²) < 4.78 is 0. The zero-order valence-corrected chi connectivity index (χ0v) is 5.30. The largest absolute Gasteiger partial charge is 0.393 e. The quantitative estimate of drug-likeness (QED) is 0.422. The van der Waals surface area contributed by atoms with E-state index in [-0.39, 0.29) is 6.10 Å². The van der Waals surface area contributed by atoms with Crippen LogP contribution in [0, 0.1) is 0 Å². The highest BCUT2D eigenvalue weighted by molar-refractivity contribution is 4.61. The molecule has 0 aromatic heterocycles. The van der Waals surface area contributed by atoms with E-state index in [1.165, 1.54) is 0 Å². The first-order valence-electron chi connectivity index (χ1n) is 3.30. The van der Waals surface area contributed by atoms with E-state index in [0.29, 0.717) is 6.04 Å². The van der Waals surface area contributed by atoms with Gasteiger partial charge < -0.3 is 10.4 Å². The molecule has 1 heterocycles. The zero-order valence-electron chi connectivity index (χ0n) is 5.30. The number of aliphatic hydroxyl groups is 1. The summed E-state index contributed by atoms with van der Waals surface area (Å²) in [6.45, 7) is 3.25. The Kier molecular flexibility index (Phi) is 1.86. The summed E-state index contributed by atoms with van der Waals surface area (Å²) in [6, 6.07) is 0.638. The fourth-order valence-electron chi connectivity index (χ4n) is 1.22. The highest BCUT2D eigenvalue weighted by Crippen LogP contribution is 2.00. The molecule has 8 heavy (non-hydrogen) atoms. The third kappa shape index (κ3) is 1.46. The van der Waals surface area contributed by atoms with Gasteiger partial charge in [-0.05, 0) is 6.92 Å². The maximum absolute atomic E-state index is 9.06. The van der Waals surface area contributed by atoms with E-state index in [1.54, 1.807) is 0 Å². The fraction of sp³-hybridized carbons (Fsp3) is 1.00. The molecule has 3 N–H and O–H groups in total. The first-order valence-corrected chi connectivity index (χ1v) is 3.30. The molecule has 48 valence electrons. The van der Waals surface area contributed by atoms with Crippen molar-refractivity contribution in [1.29, 1.82) is 0 Å². The molecule has 1 rings (SSSR count). The van der Waals surface area contributed by atoms with Crippen LogP contribution in [0.3, 0.4) is 0 Å². The second kappa shape index (κ2) is 2.46. The molecule has 1 fully saturated rings. The normalized spacial score (nSPS) is 39.8. The van der Waals surface area contributed by atoms with Crippen LogP contribution in [-0.4, -0.2) is 23.8 Å². The Hall–Kier alpha value is -0.0800.